The molecule has 0 fully saturated rings. The molecule has 1 aromatic rings. The number of benzene rings is 1. The fourth-order valence-corrected chi connectivity index (χ4v) is 1.25. The molecule has 1 amide bonds. The normalized spacial score (nSPS) is 11.3. The number of carbonyl (C=O) groups excluding carboxylic acids is 1. The first-order valence-electron chi connectivity index (χ1n) is 4.77. The molecule has 0 unspecified atom stereocenters. The number of nitrogen functional groups attached to an aromatic ring is 1. The van der Waals surface area contributed by atoms with Crippen LogP contribution in [0.3, 0.4) is 0 Å². The molecule has 0 radical (unpaired) electrons. The molecule has 100 valence electrons. The van der Waals surface area contributed by atoms with E-state index >= 15 is 0 Å². The predicted octanol–water partition coefficient (Wildman–Crippen LogP) is 2.44. The van der Waals surface area contributed by atoms with E-state index in [1.807, 2.05) is 0 Å². The van der Waals surface area contributed by atoms with Crippen molar-refractivity contribution in [3.63, 3.8) is 0 Å². The molecule has 0 spiro atoms. The number of carbonyl (C=O) groups is 1. The number of nitrogens with two attached hydrogens (primary N) is 1. The molecule has 0 bridgehead atoms. The minimum atomic E-state index is -4.46. The standard InChI is InChI=1S/C10H10ClF3N2O2/c11-6-1-2-7(15)8(3-6)16-9(17)4-18-5-10(12,13)14/h1-3H,4-5,15H2,(H,16,17). The fourth-order valence-electron chi connectivity index (χ4n) is 1.08. The zero-order chi connectivity index (χ0) is 13.8. The molecule has 4 nitrogen and oxygen atoms in total. The van der Waals surface area contributed by atoms with E-state index in [1.165, 1.54) is 18.2 Å². The molecule has 1 rings (SSSR count). The molecular formula is C10H10ClF3N2O2. The predicted molar refractivity (Wildman–Crippen MR) is 61.4 cm³/mol. The van der Waals surface area contributed by atoms with E-state index in [0.29, 0.717) is 5.02 Å². The zero-order valence-electron chi connectivity index (χ0n) is 9.05. The third kappa shape index (κ3) is 5.24. The van der Waals surface area contributed by atoms with Crippen molar-refractivity contribution in [3.05, 3.63) is 23.2 Å². The van der Waals surface area contributed by atoms with E-state index in [9.17, 15) is 18.0 Å². The van der Waals surface area contributed by atoms with Crippen LogP contribution in [-0.2, 0) is 9.53 Å². The maximum atomic E-state index is 11.8. The zero-order valence-corrected chi connectivity index (χ0v) is 9.81. The Morgan fingerprint density at radius 2 is 2.11 bits per heavy atom. The highest BCUT2D eigenvalue weighted by Crippen LogP contribution is 2.22. The largest absolute Gasteiger partial charge is 0.411 e. The summed E-state index contributed by atoms with van der Waals surface area (Å²) in [7, 11) is 0. The fraction of sp³-hybridized carbons (Fsp3) is 0.300. The molecule has 8 heteroatoms. The lowest BCUT2D eigenvalue weighted by Gasteiger charge is -2.10. The number of amides is 1. The Hall–Kier alpha value is -1.47. The lowest BCUT2D eigenvalue weighted by atomic mass is 10.2. The smallest absolute Gasteiger partial charge is 0.397 e. The lowest BCUT2D eigenvalue weighted by molar-refractivity contribution is -0.174. The molecule has 0 aliphatic heterocycles. The second kappa shape index (κ2) is 5.92. The van der Waals surface area contributed by atoms with E-state index in [2.05, 4.69) is 10.1 Å². The van der Waals surface area contributed by atoms with Crippen LogP contribution in [0.15, 0.2) is 18.2 Å². The van der Waals surface area contributed by atoms with Crippen LogP contribution in [0, 0.1) is 0 Å². The summed E-state index contributed by atoms with van der Waals surface area (Å²) in [6.07, 6.45) is -4.46. The van der Waals surface area contributed by atoms with Crippen molar-refractivity contribution in [2.45, 2.75) is 6.18 Å². The molecule has 0 saturated heterocycles. The van der Waals surface area contributed by atoms with Gasteiger partial charge in [0.15, 0.2) is 0 Å². The van der Waals surface area contributed by atoms with E-state index in [4.69, 9.17) is 17.3 Å². The van der Waals surface area contributed by atoms with Crippen LogP contribution in [0.2, 0.25) is 5.02 Å². The number of alkyl halides is 3. The number of hydrogen-bond donors (Lipinski definition) is 2. The molecule has 0 aliphatic rings. The minimum Gasteiger partial charge on any atom is -0.397 e. The third-order valence-electron chi connectivity index (χ3n) is 1.79. The Kier molecular flexibility index (Phi) is 4.80. The summed E-state index contributed by atoms with van der Waals surface area (Å²) < 4.78 is 39.5. The molecule has 0 aliphatic carbocycles. The Labute approximate surface area is 106 Å². The molecule has 1 aromatic carbocycles. The Balaban J connectivity index is 2.47. The maximum absolute atomic E-state index is 11.8. The number of halogens is 4. The molecule has 0 saturated carbocycles. The van der Waals surface area contributed by atoms with Crippen LogP contribution >= 0.6 is 11.6 Å². The van der Waals surface area contributed by atoms with Crippen LogP contribution in [0.4, 0.5) is 24.5 Å². The minimum absolute atomic E-state index is 0.225. The van der Waals surface area contributed by atoms with Crippen molar-refractivity contribution < 1.29 is 22.7 Å². The Morgan fingerprint density at radius 3 is 2.72 bits per heavy atom. The Bertz CT molecular complexity index is 438. The molecule has 0 atom stereocenters. The SMILES string of the molecule is Nc1ccc(Cl)cc1NC(=O)COCC(F)(F)F. The van der Waals surface area contributed by atoms with E-state index in [1.54, 1.807) is 0 Å². The molecule has 18 heavy (non-hydrogen) atoms. The van der Waals surface area contributed by atoms with Gasteiger partial charge in [-0.3, -0.25) is 4.79 Å². The van der Waals surface area contributed by atoms with Gasteiger partial charge in [0.25, 0.3) is 0 Å². The summed E-state index contributed by atoms with van der Waals surface area (Å²) in [5, 5.41) is 2.64. The second-order valence-corrected chi connectivity index (χ2v) is 3.82. The molecule has 3 N–H and O–H groups in total. The van der Waals surface area contributed by atoms with Gasteiger partial charge in [0.05, 0.1) is 11.4 Å². The monoisotopic (exact) mass is 282 g/mol. The van der Waals surface area contributed by atoms with Gasteiger partial charge < -0.3 is 15.8 Å². The van der Waals surface area contributed by atoms with Gasteiger partial charge in [-0.25, -0.2) is 0 Å². The van der Waals surface area contributed by atoms with E-state index in [-0.39, 0.29) is 11.4 Å². The maximum Gasteiger partial charge on any atom is 0.411 e. The molecular weight excluding hydrogens is 273 g/mol. The van der Waals surface area contributed by atoms with Gasteiger partial charge in [-0.15, -0.1) is 0 Å². The summed E-state index contributed by atoms with van der Waals surface area (Å²) in [6.45, 7) is -2.20. The van der Waals surface area contributed by atoms with Gasteiger partial charge >= 0.3 is 6.18 Å². The van der Waals surface area contributed by atoms with Gasteiger partial charge in [0, 0.05) is 5.02 Å². The molecule has 0 aromatic heterocycles. The number of hydrogen-bond acceptors (Lipinski definition) is 3. The third-order valence-corrected chi connectivity index (χ3v) is 2.02. The summed E-state index contributed by atoms with van der Waals surface area (Å²) >= 11 is 5.68. The van der Waals surface area contributed by atoms with E-state index in [0.717, 1.165) is 0 Å². The summed E-state index contributed by atoms with van der Waals surface area (Å²) in [6, 6.07) is 4.37. The average molecular weight is 283 g/mol. The van der Waals surface area contributed by atoms with Gasteiger partial charge in [0.1, 0.15) is 13.2 Å². The summed E-state index contributed by atoms with van der Waals surface area (Å²) in [5.74, 6) is -0.742. The summed E-state index contributed by atoms with van der Waals surface area (Å²) in [5.41, 5.74) is 6.02. The average Bonchev–Trinajstić information content (AvgIpc) is 2.21. The topological polar surface area (TPSA) is 64.3 Å². The number of anilines is 2. The summed E-state index contributed by atoms with van der Waals surface area (Å²) in [4.78, 5) is 11.3. The van der Waals surface area contributed by atoms with Crippen molar-refractivity contribution in [2.24, 2.45) is 0 Å². The van der Waals surface area contributed by atoms with Crippen LogP contribution in [0.25, 0.3) is 0 Å². The van der Waals surface area contributed by atoms with Gasteiger partial charge in [-0.05, 0) is 18.2 Å². The van der Waals surface area contributed by atoms with E-state index < -0.39 is 25.3 Å². The highest BCUT2D eigenvalue weighted by atomic mass is 35.5. The van der Waals surface area contributed by atoms with Crippen molar-refractivity contribution >= 4 is 28.9 Å². The first-order chi connectivity index (χ1) is 8.28. The first kappa shape index (κ1) is 14.6. The number of nitrogens with one attached hydrogen (secondary N) is 1. The highest BCUT2D eigenvalue weighted by molar-refractivity contribution is 6.31. The van der Waals surface area contributed by atoms with Crippen LogP contribution < -0.4 is 11.1 Å². The second-order valence-electron chi connectivity index (χ2n) is 3.39. The van der Waals surface area contributed by atoms with Crippen molar-refractivity contribution in [1.82, 2.24) is 0 Å². The van der Waals surface area contributed by atoms with Crippen molar-refractivity contribution in [2.75, 3.05) is 24.3 Å². The Morgan fingerprint density at radius 1 is 1.44 bits per heavy atom. The highest BCUT2D eigenvalue weighted by Gasteiger charge is 2.27. The van der Waals surface area contributed by atoms with Crippen LogP contribution in [0.5, 0.6) is 0 Å². The first-order valence-corrected chi connectivity index (χ1v) is 5.15. The van der Waals surface area contributed by atoms with Gasteiger partial charge in [-0.2, -0.15) is 13.2 Å². The van der Waals surface area contributed by atoms with Gasteiger partial charge in [0.2, 0.25) is 5.91 Å². The number of rotatable bonds is 4. The van der Waals surface area contributed by atoms with Gasteiger partial charge in [-0.1, -0.05) is 11.6 Å². The van der Waals surface area contributed by atoms with Crippen molar-refractivity contribution in [1.29, 1.82) is 0 Å². The lowest BCUT2D eigenvalue weighted by Crippen LogP contribution is -2.24. The van der Waals surface area contributed by atoms with Crippen molar-refractivity contribution in [3.8, 4) is 0 Å². The van der Waals surface area contributed by atoms with Crippen LogP contribution in [-0.4, -0.2) is 25.3 Å². The molecule has 0 heterocycles. The van der Waals surface area contributed by atoms with Crippen LogP contribution in [0.1, 0.15) is 0 Å². The quantitative estimate of drug-likeness (QED) is 0.834. The number of ether oxygens (including phenoxy) is 1.